The summed E-state index contributed by atoms with van der Waals surface area (Å²) >= 11 is 12.0. The van der Waals surface area contributed by atoms with Gasteiger partial charge in [-0.05, 0) is 72.3 Å². The molecule has 164 valence electrons. The van der Waals surface area contributed by atoms with Gasteiger partial charge in [-0.1, -0.05) is 23.2 Å². The minimum absolute atomic E-state index is 0.212. The number of nitrogens with zero attached hydrogens (tertiary/aromatic N) is 1. The van der Waals surface area contributed by atoms with E-state index in [0.717, 1.165) is 0 Å². The van der Waals surface area contributed by atoms with Gasteiger partial charge >= 0.3 is 0 Å². The molecule has 32 heavy (non-hydrogen) atoms. The van der Waals surface area contributed by atoms with Crippen molar-refractivity contribution in [1.82, 2.24) is 5.43 Å². The van der Waals surface area contributed by atoms with Gasteiger partial charge in [-0.15, -0.1) is 0 Å². The molecule has 3 rings (SSSR count). The Morgan fingerprint density at radius 2 is 1.72 bits per heavy atom. The number of hydrazone groups is 1. The average Bonchev–Trinajstić information content (AvgIpc) is 2.79. The summed E-state index contributed by atoms with van der Waals surface area (Å²) in [6.07, 6.45) is 1.44. The van der Waals surface area contributed by atoms with Crippen molar-refractivity contribution in [2.45, 2.75) is 0 Å². The Bertz CT molecular complexity index is 1120. The lowest BCUT2D eigenvalue weighted by Crippen LogP contribution is -2.20. The van der Waals surface area contributed by atoms with Crippen LogP contribution in [0.5, 0.6) is 11.5 Å². The van der Waals surface area contributed by atoms with E-state index in [-0.39, 0.29) is 18.4 Å². The number of methoxy groups -OCH3 is 1. The number of carbonyl (C=O) groups excluding carboxylic acids is 2. The van der Waals surface area contributed by atoms with E-state index in [2.05, 4.69) is 15.8 Å². The number of benzene rings is 3. The number of ether oxygens (including phenoxy) is 2. The van der Waals surface area contributed by atoms with Crippen molar-refractivity contribution in [3.05, 3.63) is 87.9 Å². The summed E-state index contributed by atoms with van der Waals surface area (Å²) in [6.45, 7) is -0.212. The normalized spacial score (nSPS) is 10.6. The van der Waals surface area contributed by atoms with Crippen LogP contribution in [-0.2, 0) is 4.79 Å². The molecule has 2 N–H and O–H groups in total. The van der Waals surface area contributed by atoms with Crippen molar-refractivity contribution >= 4 is 46.9 Å². The number of anilines is 1. The second-order valence-corrected chi connectivity index (χ2v) is 7.30. The maximum absolute atomic E-state index is 12.1. The van der Waals surface area contributed by atoms with E-state index < -0.39 is 0 Å². The maximum atomic E-state index is 12.1. The van der Waals surface area contributed by atoms with E-state index in [9.17, 15) is 9.59 Å². The summed E-state index contributed by atoms with van der Waals surface area (Å²) in [7, 11) is 1.57. The van der Waals surface area contributed by atoms with E-state index >= 15 is 0 Å². The van der Waals surface area contributed by atoms with E-state index in [0.29, 0.717) is 38.4 Å². The van der Waals surface area contributed by atoms with Gasteiger partial charge in [0.05, 0.1) is 18.3 Å². The molecule has 0 atom stereocenters. The second kappa shape index (κ2) is 11.2. The Morgan fingerprint density at radius 1 is 1.00 bits per heavy atom. The molecule has 0 aromatic heterocycles. The van der Waals surface area contributed by atoms with Crippen LogP contribution in [0, 0.1) is 0 Å². The Balaban J connectivity index is 1.50. The largest absolute Gasteiger partial charge is 0.497 e. The summed E-state index contributed by atoms with van der Waals surface area (Å²) in [5.41, 5.74) is 4.12. The number of halogens is 2. The first-order chi connectivity index (χ1) is 15.4. The summed E-state index contributed by atoms with van der Waals surface area (Å²) in [4.78, 5) is 24.1. The zero-order valence-electron chi connectivity index (χ0n) is 17.0. The predicted octanol–water partition coefficient (Wildman–Crippen LogP) is 4.78. The summed E-state index contributed by atoms with van der Waals surface area (Å²) in [6, 6.07) is 18.3. The molecule has 0 fully saturated rings. The van der Waals surface area contributed by atoms with Crippen molar-refractivity contribution in [3.8, 4) is 11.5 Å². The zero-order valence-corrected chi connectivity index (χ0v) is 18.5. The molecule has 0 spiro atoms. The number of hydrogen-bond acceptors (Lipinski definition) is 5. The Morgan fingerprint density at radius 3 is 2.38 bits per heavy atom. The van der Waals surface area contributed by atoms with Gasteiger partial charge in [0.15, 0.2) is 6.61 Å². The van der Waals surface area contributed by atoms with Crippen molar-refractivity contribution < 1.29 is 19.1 Å². The molecule has 0 saturated heterocycles. The van der Waals surface area contributed by atoms with Crippen LogP contribution in [0.4, 0.5) is 5.69 Å². The third-order valence-corrected chi connectivity index (χ3v) is 4.72. The first-order valence-electron chi connectivity index (χ1n) is 9.40. The summed E-state index contributed by atoms with van der Waals surface area (Å²) < 4.78 is 10.6. The van der Waals surface area contributed by atoms with Gasteiger partial charge in [0.2, 0.25) is 0 Å². The molecule has 2 amide bonds. The van der Waals surface area contributed by atoms with Crippen molar-refractivity contribution in [1.29, 1.82) is 0 Å². The van der Waals surface area contributed by atoms with Gasteiger partial charge in [0.1, 0.15) is 11.5 Å². The van der Waals surface area contributed by atoms with Crippen molar-refractivity contribution in [2.24, 2.45) is 5.10 Å². The van der Waals surface area contributed by atoms with E-state index in [1.165, 1.54) is 6.21 Å². The molecule has 0 saturated carbocycles. The SMILES string of the molecule is COc1ccc(NC(=O)COc2ccc(C=NNC(=O)c3ccc(Cl)cc3)cc2Cl)cc1. The van der Waals surface area contributed by atoms with E-state index in [1.54, 1.807) is 73.8 Å². The van der Waals surface area contributed by atoms with Gasteiger partial charge in [-0.3, -0.25) is 9.59 Å². The zero-order chi connectivity index (χ0) is 22.9. The van der Waals surface area contributed by atoms with E-state index in [4.69, 9.17) is 32.7 Å². The monoisotopic (exact) mass is 471 g/mol. The van der Waals surface area contributed by atoms with Crippen LogP contribution in [0.1, 0.15) is 15.9 Å². The molecule has 0 radical (unpaired) electrons. The molecular formula is C23H19Cl2N3O4. The molecule has 0 aliphatic rings. The highest BCUT2D eigenvalue weighted by Crippen LogP contribution is 2.25. The Hall–Kier alpha value is -3.55. The number of amides is 2. The molecule has 0 aliphatic carbocycles. The molecule has 0 aliphatic heterocycles. The molecular weight excluding hydrogens is 453 g/mol. The van der Waals surface area contributed by atoms with Gasteiger partial charge in [0, 0.05) is 16.3 Å². The molecule has 7 nitrogen and oxygen atoms in total. The van der Waals surface area contributed by atoms with Gasteiger partial charge in [-0.25, -0.2) is 5.43 Å². The standard InChI is InChI=1S/C23H19Cl2N3O4/c1-31-19-9-7-18(8-10-19)27-22(29)14-32-21-11-2-15(12-20(21)25)13-26-28-23(30)16-3-5-17(24)6-4-16/h2-13H,14H2,1H3,(H,27,29)(H,28,30). The van der Waals surface area contributed by atoms with Crippen molar-refractivity contribution in [3.63, 3.8) is 0 Å². The molecule has 0 bridgehead atoms. The molecule has 9 heteroatoms. The topological polar surface area (TPSA) is 89.0 Å². The number of rotatable bonds is 8. The third-order valence-electron chi connectivity index (χ3n) is 4.17. The second-order valence-electron chi connectivity index (χ2n) is 6.46. The number of carbonyl (C=O) groups is 2. The first kappa shape index (κ1) is 23.1. The van der Waals surface area contributed by atoms with Crippen molar-refractivity contribution in [2.75, 3.05) is 19.0 Å². The Labute approximate surface area is 194 Å². The number of nitrogens with one attached hydrogen (secondary N) is 2. The molecule has 0 heterocycles. The summed E-state index contributed by atoms with van der Waals surface area (Å²) in [5.74, 6) is 0.340. The predicted molar refractivity (Wildman–Crippen MR) is 125 cm³/mol. The molecule has 3 aromatic carbocycles. The minimum Gasteiger partial charge on any atom is -0.497 e. The van der Waals surface area contributed by atoms with Crippen LogP contribution >= 0.6 is 23.2 Å². The van der Waals surface area contributed by atoms with Crippen LogP contribution in [-0.4, -0.2) is 31.7 Å². The molecule has 0 unspecified atom stereocenters. The lowest BCUT2D eigenvalue weighted by Gasteiger charge is -2.09. The maximum Gasteiger partial charge on any atom is 0.271 e. The first-order valence-corrected chi connectivity index (χ1v) is 10.2. The van der Waals surface area contributed by atoms with Crippen LogP contribution in [0.15, 0.2) is 71.8 Å². The lowest BCUT2D eigenvalue weighted by molar-refractivity contribution is -0.118. The highest BCUT2D eigenvalue weighted by Gasteiger charge is 2.08. The van der Waals surface area contributed by atoms with Crippen LogP contribution in [0.3, 0.4) is 0 Å². The van der Waals surface area contributed by atoms with Gasteiger partial charge in [-0.2, -0.15) is 5.10 Å². The fraction of sp³-hybridized carbons (Fsp3) is 0.0870. The fourth-order valence-corrected chi connectivity index (χ4v) is 2.93. The van der Waals surface area contributed by atoms with Crippen LogP contribution in [0.2, 0.25) is 10.0 Å². The average molecular weight is 472 g/mol. The Kier molecular flexibility index (Phi) is 8.08. The van der Waals surface area contributed by atoms with Gasteiger partial charge in [0.25, 0.3) is 11.8 Å². The smallest absolute Gasteiger partial charge is 0.271 e. The van der Waals surface area contributed by atoms with Crippen LogP contribution < -0.4 is 20.2 Å². The highest BCUT2D eigenvalue weighted by atomic mass is 35.5. The minimum atomic E-state index is -0.369. The lowest BCUT2D eigenvalue weighted by atomic mass is 10.2. The third kappa shape index (κ3) is 6.73. The molecule has 3 aromatic rings. The number of hydrogen-bond donors (Lipinski definition) is 2. The van der Waals surface area contributed by atoms with Crippen LogP contribution in [0.25, 0.3) is 0 Å². The van der Waals surface area contributed by atoms with E-state index in [1.807, 2.05) is 0 Å². The quantitative estimate of drug-likeness (QED) is 0.365. The summed E-state index contributed by atoms with van der Waals surface area (Å²) in [5, 5.41) is 7.48. The fourth-order valence-electron chi connectivity index (χ4n) is 2.56. The highest BCUT2D eigenvalue weighted by molar-refractivity contribution is 6.32. The van der Waals surface area contributed by atoms with Gasteiger partial charge < -0.3 is 14.8 Å².